The van der Waals surface area contributed by atoms with Crippen LogP contribution in [-0.4, -0.2) is 31.2 Å². The standard InChI is InChI=1S/C20H19N5O2S/c1-14-10-15(2)12-16(11-14)21-18(26)13-28-20-23-22-19(17-6-5-9-27-17)25(20)24-7-3-4-8-24/h3-12H,13H2,1-2H3,(H,21,26). The van der Waals surface area contributed by atoms with Crippen molar-refractivity contribution in [3.8, 4) is 11.6 Å². The van der Waals surface area contributed by atoms with Gasteiger partial charge in [-0.05, 0) is 61.4 Å². The largest absolute Gasteiger partial charge is 0.461 e. The fourth-order valence-electron chi connectivity index (χ4n) is 2.96. The van der Waals surface area contributed by atoms with Gasteiger partial charge in [0.25, 0.3) is 0 Å². The van der Waals surface area contributed by atoms with Gasteiger partial charge in [0.15, 0.2) is 5.76 Å². The van der Waals surface area contributed by atoms with Crippen molar-refractivity contribution in [3.05, 3.63) is 72.2 Å². The first-order valence-corrected chi connectivity index (χ1v) is 9.72. The average Bonchev–Trinajstić information content (AvgIpc) is 3.38. The highest BCUT2D eigenvalue weighted by Crippen LogP contribution is 2.25. The third-order valence-corrected chi connectivity index (χ3v) is 4.93. The molecule has 0 aliphatic rings. The molecule has 0 aliphatic heterocycles. The maximum absolute atomic E-state index is 12.4. The average molecular weight is 393 g/mol. The monoisotopic (exact) mass is 393 g/mol. The molecule has 1 amide bonds. The lowest BCUT2D eigenvalue weighted by atomic mass is 10.1. The van der Waals surface area contributed by atoms with Gasteiger partial charge in [0, 0.05) is 18.1 Å². The number of nitrogens with one attached hydrogen (secondary N) is 1. The zero-order valence-corrected chi connectivity index (χ0v) is 16.3. The number of amides is 1. The molecule has 3 aromatic heterocycles. The van der Waals surface area contributed by atoms with Crippen LogP contribution in [0.4, 0.5) is 5.69 Å². The Morgan fingerprint density at radius 3 is 2.54 bits per heavy atom. The van der Waals surface area contributed by atoms with Gasteiger partial charge in [-0.25, -0.2) is 4.68 Å². The fraction of sp³-hybridized carbons (Fsp3) is 0.150. The van der Waals surface area contributed by atoms with Crippen LogP contribution in [0, 0.1) is 13.8 Å². The number of benzene rings is 1. The van der Waals surface area contributed by atoms with Crippen LogP contribution in [0.3, 0.4) is 0 Å². The molecule has 0 spiro atoms. The van der Waals surface area contributed by atoms with E-state index in [-0.39, 0.29) is 11.7 Å². The normalized spacial score (nSPS) is 10.9. The van der Waals surface area contributed by atoms with Crippen molar-refractivity contribution in [1.82, 2.24) is 19.5 Å². The van der Waals surface area contributed by atoms with Crippen molar-refractivity contribution in [2.24, 2.45) is 0 Å². The first kappa shape index (κ1) is 18.1. The van der Waals surface area contributed by atoms with E-state index in [0.29, 0.717) is 16.7 Å². The zero-order valence-electron chi connectivity index (χ0n) is 15.5. The minimum absolute atomic E-state index is 0.100. The van der Waals surface area contributed by atoms with Gasteiger partial charge in [-0.2, -0.15) is 0 Å². The predicted octanol–water partition coefficient (Wildman–Crippen LogP) is 4.00. The minimum atomic E-state index is -0.100. The summed E-state index contributed by atoms with van der Waals surface area (Å²) in [5, 5.41) is 12.0. The first-order valence-electron chi connectivity index (χ1n) is 8.74. The molecule has 0 saturated heterocycles. The van der Waals surface area contributed by atoms with Gasteiger partial charge in [0.2, 0.25) is 16.9 Å². The van der Waals surface area contributed by atoms with Crippen LogP contribution < -0.4 is 5.32 Å². The van der Waals surface area contributed by atoms with Crippen LogP contribution in [-0.2, 0) is 4.79 Å². The van der Waals surface area contributed by atoms with Crippen molar-refractivity contribution in [2.75, 3.05) is 11.1 Å². The second-order valence-corrected chi connectivity index (χ2v) is 7.31. The van der Waals surface area contributed by atoms with Crippen LogP contribution in [0.1, 0.15) is 11.1 Å². The van der Waals surface area contributed by atoms with E-state index in [1.54, 1.807) is 12.3 Å². The molecule has 0 radical (unpaired) electrons. The number of aromatic nitrogens is 4. The molecular weight excluding hydrogens is 374 g/mol. The van der Waals surface area contributed by atoms with E-state index in [4.69, 9.17) is 4.42 Å². The fourth-order valence-corrected chi connectivity index (χ4v) is 3.69. The zero-order chi connectivity index (χ0) is 19.5. The lowest BCUT2D eigenvalue weighted by Crippen LogP contribution is -2.16. The van der Waals surface area contributed by atoms with Crippen LogP contribution in [0.2, 0.25) is 0 Å². The molecule has 0 saturated carbocycles. The maximum atomic E-state index is 12.4. The second kappa shape index (κ2) is 7.77. The molecule has 0 aliphatic carbocycles. The number of furan rings is 1. The molecule has 0 unspecified atom stereocenters. The lowest BCUT2D eigenvalue weighted by Gasteiger charge is -2.10. The van der Waals surface area contributed by atoms with Crippen molar-refractivity contribution in [2.45, 2.75) is 19.0 Å². The van der Waals surface area contributed by atoms with Gasteiger partial charge < -0.3 is 9.73 Å². The van der Waals surface area contributed by atoms with Gasteiger partial charge in [-0.1, -0.05) is 17.8 Å². The van der Waals surface area contributed by atoms with E-state index >= 15 is 0 Å². The van der Waals surface area contributed by atoms with Crippen molar-refractivity contribution < 1.29 is 9.21 Å². The molecular formula is C20H19N5O2S. The summed E-state index contributed by atoms with van der Waals surface area (Å²) >= 11 is 1.31. The molecule has 3 heterocycles. The Morgan fingerprint density at radius 1 is 1.11 bits per heavy atom. The number of carbonyl (C=O) groups is 1. The number of hydrogen-bond acceptors (Lipinski definition) is 5. The highest BCUT2D eigenvalue weighted by Gasteiger charge is 2.18. The van der Waals surface area contributed by atoms with Gasteiger partial charge >= 0.3 is 0 Å². The molecule has 7 nitrogen and oxygen atoms in total. The highest BCUT2D eigenvalue weighted by molar-refractivity contribution is 7.99. The lowest BCUT2D eigenvalue weighted by molar-refractivity contribution is -0.113. The molecule has 4 aromatic rings. The quantitative estimate of drug-likeness (QED) is 0.501. The second-order valence-electron chi connectivity index (χ2n) is 6.37. The summed E-state index contributed by atoms with van der Waals surface area (Å²) in [6.07, 6.45) is 5.36. The molecule has 0 fully saturated rings. The molecule has 0 atom stereocenters. The van der Waals surface area contributed by atoms with Crippen molar-refractivity contribution in [3.63, 3.8) is 0 Å². The Morgan fingerprint density at radius 2 is 1.86 bits per heavy atom. The summed E-state index contributed by atoms with van der Waals surface area (Å²) in [4.78, 5) is 12.4. The van der Waals surface area contributed by atoms with Crippen molar-refractivity contribution >= 4 is 23.4 Å². The topological polar surface area (TPSA) is 77.9 Å². The predicted molar refractivity (Wildman–Crippen MR) is 108 cm³/mol. The van der Waals surface area contributed by atoms with E-state index < -0.39 is 0 Å². The van der Waals surface area contributed by atoms with Gasteiger partial charge in [-0.15, -0.1) is 10.2 Å². The summed E-state index contributed by atoms with van der Waals surface area (Å²) in [5.41, 5.74) is 3.02. The highest BCUT2D eigenvalue weighted by atomic mass is 32.2. The smallest absolute Gasteiger partial charge is 0.234 e. The summed E-state index contributed by atoms with van der Waals surface area (Å²) in [5.74, 6) is 1.28. The van der Waals surface area contributed by atoms with E-state index in [0.717, 1.165) is 16.8 Å². The molecule has 8 heteroatoms. The first-order chi connectivity index (χ1) is 13.6. The Hall–Kier alpha value is -3.26. The SMILES string of the molecule is Cc1cc(C)cc(NC(=O)CSc2nnc(-c3ccco3)n2-n2cccc2)c1. The van der Waals surface area contributed by atoms with Gasteiger partial charge in [-0.3, -0.25) is 9.47 Å². The van der Waals surface area contributed by atoms with E-state index in [2.05, 4.69) is 21.6 Å². The minimum Gasteiger partial charge on any atom is -0.461 e. The Balaban J connectivity index is 1.53. The Bertz CT molecular complexity index is 1060. The Kier molecular flexibility index (Phi) is 5.03. The summed E-state index contributed by atoms with van der Waals surface area (Å²) in [6.45, 7) is 4.01. The van der Waals surface area contributed by atoms with Gasteiger partial charge in [0.05, 0.1) is 12.0 Å². The summed E-state index contributed by atoms with van der Waals surface area (Å²) < 4.78 is 9.14. The van der Waals surface area contributed by atoms with Crippen molar-refractivity contribution in [1.29, 1.82) is 0 Å². The Labute approximate surface area is 166 Å². The molecule has 142 valence electrons. The summed E-state index contributed by atoms with van der Waals surface area (Å²) in [7, 11) is 0. The van der Waals surface area contributed by atoms with E-state index in [1.165, 1.54) is 11.8 Å². The number of aryl methyl sites for hydroxylation is 2. The van der Waals surface area contributed by atoms with Crippen LogP contribution in [0.25, 0.3) is 11.6 Å². The van der Waals surface area contributed by atoms with Crippen LogP contribution >= 0.6 is 11.8 Å². The molecule has 4 rings (SSSR count). The number of carbonyl (C=O) groups excluding carboxylic acids is 1. The maximum Gasteiger partial charge on any atom is 0.234 e. The summed E-state index contributed by atoms with van der Waals surface area (Å²) in [6, 6.07) is 13.4. The third kappa shape index (κ3) is 3.86. The number of anilines is 1. The molecule has 0 bridgehead atoms. The number of hydrogen-bond donors (Lipinski definition) is 1. The molecule has 1 aromatic carbocycles. The van der Waals surface area contributed by atoms with Crippen LogP contribution in [0.5, 0.6) is 0 Å². The van der Waals surface area contributed by atoms with E-state index in [1.807, 2.05) is 65.9 Å². The molecule has 1 N–H and O–H groups in total. The number of nitrogens with zero attached hydrogens (tertiary/aromatic N) is 4. The molecule has 28 heavy (non-hydrogen) atoms. The number of thioether (sulfide) groups is 1. The van der Waals surface area contributed by atoms with Crippen LogP contribution in [0.15, 0.2) is 70.7 Å². The van der Waals surface area contributed by atoms with Gasteiger partial charge in [0.1, 0.15) is 0 Å². The third-order valence-electron chi connectivity index (χ3n) is 4.01. The number of rotatable bonds is 6. The van der Waals surface area contributed by atoms with E-state index in [9.17, 15) is 4.79 Å².